The topological polar surface area (TPSA) is 74.8 Å². The number of nitrogens with one attached hydrogen (secondary N) is 2. The fourth-order valence-electron chi connectivity index (χ4n) is 2.41. The van der Waals surface area contributed by atoms with Gasteiger partial charge in [0.15, 0.2) is 5.82 Å². The Hall–Kier alpha value is -2.60. The van der Waals surface area contributed by atoms with Gasteiger partial charge in [0.25, 0.3) is 10.0 Å². The summed E-state index contributed by atoms with van der Waals surface area (Å²) in [6, 6.07) is 18.3. The molecule has 0 amide bonds. The number of nitrogens with zero attached hydrogens (tertiary/aromatic N) is 1. The maximum absolute atomic E-state index is 12.5. The second-order valence-corrected chi connectivity index (χ2v) is 8.60. The van der Waals surface area contributed by atoms with E-state index in [2.05, 4.69) is 14.9 Å². The van der Waals surface area contributed by atoms with Gasteiger partial charge < -0.3 is 0 Å². The first-order valence-corrected chi connectivity index (χ1v) is 9.48. The average molecular weight is 355 g/mol. The highest BCUT2D eigenvalue weighted by atomic mass is 32.2. The smallest absolute Gasteiger partial charge is 0.263 e. The van der Waals surface area contributed by atoms with Crippen molar-refractivity contribution >= 4 is 15.8 Å². The van der Waals surface area contributed by atoms with Gasteiger partial charge in [0, 0.05) is 17.2 Å². The van der Waals surface area contributed by atoms with Crippen LogP contribution in [0.3, 0.4) is 0 Å². The molecule has 0 aliphatic rings. The van der Waals surface area contributed by atoms with E-state index < -0.39 is 10.0 Å². The number of anilines is 1. The van der Waals surface area contributed by atoms with Crippen molar-refractivity contribution in [2.75, 3.05) is 4.72 Å². The number of hydrogen-bond acceptors (Lipinski definition) is 3. The minimum atomic E-state index is -3.68. The molecule has 6 heteroatoms. The third kappa shape index (κ3) is 3.91. The van der Waals surface area contributed by atoms with E-state index >= 15 is 0 Å². The Bertz CT molecular complexity index is 954. The normalized spacial score (nSPS) is 12.1. The van der Waals surface area contributed by atoms with Crippen molar-refractivity contribution in [3.05, 3.63) is 66.4 Å². The molecule has 0 saturated heterocycles. The second kappa shape index (κ2) is 6.37. The molecule has 1 heterocycles. The molecule has 1 aromatic heterocycles. The SMILES string of the molecule is CC(C)(C)c1cc(NS(=O)(=O)c2ccc(-c3ccccc3)cc2)n[nH]1. The highest BCUT2D eigenvalue weighted by molar-refractivity contribution is 7.92. The molecule has 3 rings (SSSR count). The zero-order valence-electron chi connectivity index (χ0n) is 14.4. The van der Waals surface area contributed by atoms with Gasteiger partial charge in [-0.15, -0.1) is 0 Å². The summed E-state index contributed by atoms with van der Waals surface area (Å²) in [5.74, 6) is 0.289. The zero-order valence-corrected chi connectivity index (χ0v) is 15.3. The fraction of sp³-hybridized carbons (Fsp3) is 0.211. The van der Waals surface area contributed by atoms with E-state index in [0.29, 0.717) is 0 Å². The summed E-state index contributed by atoms with van der Waals surface area (Å²) in [5, 5.41) is 6.92. The van der Waals surface area contributed by atoms with E-state index in [1.165, 1.54) is 0 Å². The third-order valence-corrected chi connectivity index (χ3v) is 5.27. The van der Waals surface area contributed by atoms with Gasteiger partial charge in [-0.25, -0.2) is 8.42 Å². The van der Waals surface area contributed by atoms with Crippen LogP contribution in [0.1, 0.15) is 26.5 Å². The summed E-state index contributed by atoms with van der Waals surface area (Å²) >= 11 is 0. The van der Waals surface area contributed by atoms with Gasteiger partial charge in [0.05, 0.1) is 4.90 Å². The van der Waals surface area contributed by atoms with Crippen molar-refractivity contribution in [2.45, 2.75) is 31.1 Å². The molecule has 0 bridgehead atoms. The van der Waals surface area contributed by atoms with Gasteiger partial charge >= 0.3 is 0 Å². The number of rotatable bonds is 4. The Kier molecular flexibility index (Phi) is 4.39. The molecule has 0 unspecified atom stereocenters. The lowest BCUT2D eigenvalue weighted by molar-refractivity contribution is 0.567. The summed E-state index contributed by atoms with van der Waals surface area (Å²) in [6.45, 7) is 6.09. The van der Waals surface area contributed by atoms with E-state index in [4.69, 9.17) is 0 Å². The molecule has 25 heavy (non-hydrogen) atoms. The highest BCUT2D eigenvalue weighted by Gasteiger charge is 2.20. The Labute approximate surface area is 148 Å². The molecule has 0 saturated carbocycles. The summed E-state index contributed by atoms with van der Waals surface area (Å²) in [7, 11) is -3.68. The second-order valence-electron chi connectivity index (χ2n) is 6.91. The van der Waals surface area contributed by atoms with Gasteiger partial charge in [0.2, 0.25) is 0 Å². The molecule has 0 aliphatic carbocycles. The molecule has 2 aromatic carbocycles. The van der Waals surface area contributed by atoms with Crippen LogP contribution in [0.15, 0.2) is 65.6 Å². The van der Waals surface area contributed by atoms with Crippen LogP contribution >= 0.6 is 0 Å². The van der Waals surface area contributed by atoms with Gasteiger partial charge in [-0.2, -0.15) is 5.10 Å². The zero-order chi connectivity index (χ0) is 18.1. The third-order valence-electron chi connectivity index (χ3n) is 3.90. The lowest BCUT2D eigenvalue weighted by Crippen LogP contribution is -2.13. The maximum atomic E-state index is 12.5. The fourth-order valence-corrected chi connectivity index (χ4v) is 3.40. The summed E-state index contributed by atoms with van der Waals surface area (Å²) in [5.41, 5.74) is 2.74. The molecule has 130 valence electrons. The predicted molar refractivity (Wildman–Crippen MR) is 100.0 cm³/mol. The first-order valence-electron chi connectivity index (χ1n) is 8.00. The lowest BCUT2D eigenvalue weighted by Gasteiger charge is -2.14. The number of aromatic amines is 1. The van der Waals surface area contributed by atoms with E-state index in [1.54, 1.807) is 30.3 Å². The number of hydrogen-bond donors (Lipinski definition) is 2. The molecule has 0 fully saturated rings. The van der Waals surface area contributed by atoms with Crippen LogP contribution in [0.2, 0.25) is 0 Å². The standard InChI is InChI=1S/C19H21N3O2S/c1-19(2,3)17-13-18(21-20-17)22-25(23,24)16-11-9-15(10-12-16)14-7-5-4-6-8-14/h4-13H,1-3H3,(H2,20,21,22). The number of sulfonamides is 1. The van der Waals surface area contributed by atoms with E-state index in [9.17, 15) is 8.42 Å². The number of H-pyrrole nitrogens is 1. The molecular weight excluding hydrogens is 334 g/mol. The minimum Gasteiger partial charge on any atom is -0.280 e. The van der Waals surface area contributed by atoms with Crippen molar-refractivity contribution in [2.24, 2.45) is 0 Å². The van der Waals surface area contributed by atoms with Crippen LogP contribution in [0, 0.1) is 0 Å². The molecule has 3 aromatic rings. The molecule has 5 nitrogen and oxygen atoms in total. The monoisotopic (exact) mass is 355 g/mol. The Morgan fingerprint density at radius 3 is 2.08 bits per heavy atom. The van der Waals surface area contributed by atoms with Crippen LogP contribution in [0.4, 0.5) is 5.82 Å². The van der Waals surface area contributed by atoms with E-state index in [0.717, 1.165) is 16.8 Å². The largest absolute Gasteiger partial charge is 0.280 e. The molecule has 0 radical (unpaired) electrons. The molecule has 0 spiro atoms. The quantitative estimate of drug-likeness (QED) is 0.737. The van der Waals surface area contributed by atoms with Gasteiger partial charge in [0.1, 0.15) is 0 Å². The maximum Gasteiger partial charge on any atom is 0.263 e. The Morgan fingerprint density at radius 2 is 1.52 bits per heavy atom. The first kappa shape index (κ1) is 17.2. The van der Waals surface area contributed by atoms with Crippen LogP contribution < -0.4 is 4.72 Å². The summed E-state index contributed by atoms with van der Waals surface area (Å²) < 4.78 is 27.6. The van der Waals surface area contributed by atoms with E-state index in [1.807, 2.05) is 51.1 Å². The van der Waals surface area contributed by atoms with Crippen molar-refractivity contribution in [3.8, 4) is 11.1 Å². The number of benzene rings is 2. The predicted octanol–water partition coefficient (Wildman–Crippen LogP) is 4.18. The van der Waals surface area contributed by atoms with Crippen LogP contribution in [0.25, 0.3) is 11.1 Å². The molecular formula is C19H21N3O2S. The first-order chi connectivity index (χ1) is 11.8. The van der Waals surface area contributed by atoms with Gasteiger partial charge in [-0.3, -0.25) is 9.82 Å². The van der Waals surface area contributed by atoms with Crippen LogP contribution in [0.5, 0.6) is 0 Å². The lowest BCUT2D eigenvalue weighted by atomic mass is 9.92. The van der Waals surface area contributed by atoms with Crippen LogP contribution in [-0.2, 0) is 15.4 Å². The minimum absolute atomic E-state index is 0.131. The average Bonchev–Trinajstić information content (AvgIpc) is 3.04. The number of aromatic nitrogens is 2. The summed E-state index contributed by atoms with van der Waals surface area (Å²) in [4.78, 5) is 0.201. The van der Waals surface area contributed by atoms with Crippen molar-refractivity contribution < 1.29 is 8.42 Å². The van der Waals surface area contributed by atoms with Crippen molar-refractivity contribution in [1.29, 1.82) is 0 Å². The molecule has 2 N–H and O–H groups in total. The molecule has 0 atom stereocenters. The van der Waals surface area contributed by atoms with Crippen molar-refractivity contribution in [1.82, 2.24) is 10.2 Å². The van der Waals surface area contributed by atoms with Gasteiger partial charge in [-0.1, -0.05) is 63.2 Å². The van der Waals surface area contributed by atoms with Crippen molar-refractivity contribution in [3.63, 3.8) is 0 Å². The summed E-state index contributed by atoms with van der Waals surface area (Å²) in [6.07, 6.45) is 0. The highest BCUT2D eigenvalue weighted by Crippen LogP contribution is 2.24. The molecule has 0 aliphatic heterocycles. The Balaban J connectivity index is 1.82. The Morgan fingerprint density at radius 1 is 0.920 bits per heavy atom. The van der Waals surface area contributed by atoms with Gasteiger partial charge in [-0.05, 0) is 23.3 Å². The van der Waals surface area contributed by atoms with Crippen LogP contribution in [-0.4, -0.2) is 18.6 Å². The van der Waals surface area contributed by atoms with E-state index in [-0.39, 0.29) is 16.1 Å².